The van der Waals surface area contributed by atoms with Crippen molar-refractivity contribution in [2.45, 2.75) is 19.9 Å². The average molecular weight is 458 g/mol. The highest BCUT2D eigenvalue weighted by molar-refractivity contribution is 8.14. The lowest BCUT2D eigenvalue weighted by Gasteiger charge is -2.25. The Hall–Kier alpha value is -3.33. The molecule has 7 nitrogen and oxygen atoms in total. The number of benzene rings is 2. The molecule has 3 rings (SSSR count). The molecule has 1 heterocycles. The third kappa shape index (κ3) is 5.88. The number of amidine groups is 1. The van der Waals surface area contributed by atoms with E-state index in [9.17, 15) is 14.0 Å². The molecule has 1 amide bonds. The van der Waals surface area contributed by atoms with Crippen molar-refractivity contribution in [2.24, 2.45) is 4.99 Å². The normalized spacial score (nSPS) is 15.5. The molecule has 32 heavy (non-hydrogen) atoms. The molecule has 168 valence electrons. The van der Waals surface area contributed by atoms with Crippen LogP contribution in [0, 0.1) is 5.82 Å². The first-order valence-corrected chi connectivity index (χ1v) is 10.9. The molecular formula is C23H24FN3O4S. The van der Waals surface area contributed by atoms with Gasteiger partial charge in [0, 0.05) is 17.5 Å². The lowest BCUT2D eigenvalue weighted by atomic mass is 9.96. The molecule has 1 aliphatic heterocycles. The van der Waals surface area contributed by atoms with Crippen LogP contribution in [0.1, 0.15) is 25.5 Å². The number of nitrogens with one attached hydrogen (secondary N) is 2. The number of hydrogen-bond donors (Lipinski definition) is 2. The fourth-order valence-electron chi connectivity index (χ4n) is 3.11. The van der Waals surface area contributed by atoms with Crippen molar-refractivity contribution in [1.82, 2.24) is 5.32 Å². The molecule has 2 aromatic rings. The molecule has 1 aliphatic rings. The molecule has 2 N–H and O–H groups in total. The van der Waals surface area contributed by atoms with Crippen molar-refractivity contribution < 1.29 is 23.5 Å². The van der Waals surface area contributed by atoms with Gasteiger partial charge in [-0.1, -0.05) is 30.0 Å². The number of thioether (sulfide) groups is 1. The number of esters is 1. The van der Waals surface area contributed by atoms with Crippen molar-refractivity contribution in [1.29, 1.82) is 0 Å². The van der Waals surface area contributed by atoms with Crippen LogP contribution in [0.2, 0.25) is 0 Å². The summed E-state index contributed by atoms with van der Waals surface area (Å²) in [6, 6.07) is 12.2. The van der Waals surface area contributed by atoms with Gasteiger partial charge in [-0.2, -0.15) is 0 Å². The zero-order valence-corrected chi connectivity index (χ0v) is 18.8. The first-order valence-electron chi connectivity index (χ1n) is 9.96. The average Bonchev–Trinajstić information content (AvgIpc) is 2.78. The van der Waals surface area contributed by atoms with Crippen LogP contribution in [-0.2, 0) is 14.3 Å². The molecule has 0 spiro atoms. The zero-order chi connectivity index (χ0) is 23.1. The molecule has 0 saturated heterocycles. The van der Waals surface area contributed by atoms with E-state index in [1.54, 1.807) is 57.4 Å². The summed E-state index contributed by atoms with van der Waals surface area (Å²) in [6.45, 7) is 3.69. The molecule has 0 aromatic heterocycles. The summed E-state index contributed by atoms with van der Waals surface area (Å²) in [4.78, 5) is 29.6. The van der Waals surface area contributed by atoms with Gasteiger partial charge in [0.1, 0.15) is 17.6 Å². The largest absolute Gasteiger partial charge is 0.497 e. The van der Waals surface area contributed by atoms with Crippen LogP contribution >= 0.6 is 11.8 Å². The Kier molecular flexibility index (Phi) is 7.88. The molecular weight excluding hydrogens is 433 g/mol. The lowest BCUT2D eigenvalue weighted by molar-refractivity contribution is -0.139. The maximum Gasteiger partial charge on any atom is 0.338 e. The number of ether oxygens (including phenoxy) is 2. The number of aliphatic imine (C=N–C) groups is 1. The minimum Gasteiger partial charge on any atom is -0.497 e. The van der Waals surface area contributed by atoms with Crippen molar-refractivity contribution in [2.75, 3.05) is 24.8 Å². The lowest BCUT2D eigenvalue weighted by Crippen LogP contribution is -2.31. The summed E-state index contributed by atoms with van der Waals surface area (Å²) in [5.41, 5.74) is 2.19. The van der Waals surface area contributed by atoms with Crippen LogP contribution in [0.4, 0.5) is 10.1 Å². The predicted octanol–water partition coefficient (Wildman–Crippen LogP) is 4.04. The van der Waals surface area contributed by atoms with Crippen LogP contribution in [0.5, 0.6) is 5.75 Å². The van der Waals surface area contributed by atoms with E-state index in [1.807, 2.05) is 0 Å². The molecule has 0 bridgehead atoms. The highest BCUT2D eigenvalue weighted by Crippen LogP contribution is 2.33. The number of hydrogen-bond acceptors (Lipinski definition) is 7. The quantitative estimate of drug-likeness (QED) is 0.610. The second-order valence-electron chi connectivity index (χ2n) is 6.84. The van der Waals surface area contributed by atoms with Gasteiger partial charge in [-0.15, -0.1) is 0 Å². The van der Waals surface area contributed by atoms with E-state index in [0.29, 0.717) is 33.4 Å². The fraction of sp³-hybridized carbons (Fsp3) is 0.261. The number of halogens is 1. The van der Waals surface area contributed by atoms with Crippen LogP contribution in [0.15, 0.2) is 64.8 Å². The SMILES string of the molecule is CCOC(=O)C1=C(C)NC(SCC(=O)Nc2cccc(OC)c2)=N[C@@H]1c1ccc(F)cc1. The summed E-state index contributed by atoms with van der Waals surface area (Å²) >= 11 is 1.20. The number of allylic oxidation sites excluding steroid dienone is 1. The van der Waals surface area contributed by atoms with Crippen molar-refractivity contribution >= 4 is 34.5 Å². The zero-order valence-electron chi connectivity index (χ0n) is 18.0. The van der Waals surface area contributed by atoms with Gasteiger partial charge in [-0.25, -0.2) is 14.2 Å². The van der Waals surface area contributed by atoms with E-state index in [-0.39, 0.29) is 24.1 Å². The van der Waals surface area contributed by atoms with E-state index in [0.717, 1.165) is 0 Å². The third-order valence-electron chi connectivity index (χ3n) is 4.59. The highest BCUT2D eigenvalue weighted by Gasteiger charge is 2.30. The van der Waals surface area contributed by atoms with E-state index in [2.05, 4.69) is 15.6 Å². The Labute approximate surface area is 190 Å². The van der Waals surface area contributed by atoms with Crippen molar-refractivity contribution in [3.05, 3.63) is 71.2 Å². The fourth-order valence-corrected chi connectivity index (χ4v) is 3.86. The molecule has 0 aliphatic carbocycles. The second kappa shape index (κ2) is 10.8. The van der Waals surface area contributed by atoms with Gasteiger partial charge in [0.25, 0.3) is 0 Å². The van der Waals surface area contributed by atoms with Gasteiger partial charge >= 0.3 is 5.97 Å². The molecule has 0 saturated carbocycles. The van der Waals surface area contributed by atoms with Gasteiger partial charge < -0.3 is 20.1 Å². The minimum atomic E-state index is -0.667. The number of amides is 1. The Morgan fingerprint density at radius 3 is 2.66 bits per heavy atom. The monoisotopic (exact) mass is 457 g/mol. The maximum atomic E-state index is 13.4. The molecule has 1 atom stereocenters. The molecule has 2 aromatic carbocycles. The van der Waals surface area contributed by atoms with Gasteiger partial charge in [0.05, 0.1) is 25.0 Å². The van der Waals surface area contributed by atoms with Crippen LogP contribution < -0.4 is 15.4 Å². The van der Waals surface area contributed by atoms with E-state index in [1.165, 1.54) is 23.9 Å². The van der Waals surface area contributed by atoms with E-state index in [4.69, 9.17) is 9.47 Å². The Bertz CT molecular complexity index is 1050. The number of rotatable bonds is 7. The summed E-state index contributed by atoms with van der Waals surface area (Å²) in [5.74, 6) is -0.349. The smallest absolute Gasteiger partial charge is 0.338 e. The Morgan fingerprint density at radius 2 is 1.97 bits per heavy atom. The first-order chi connectivity index (χ1) is 15.4. The van der Waals surface area contributed by atoms with E-state index < -0.39 is 12.0 Å². The minimum absolute atomic E-state index is 0.0984. The van der Waals surface area contributed by atoms with Gasteiger partial charge in [0.15, 0.2) is 5.17 Å². The summed E-state index contributed by atoms with van der Waals surface area (Å²) < 4.78 is 23.8. The van der Waals surface area contributed by atoms with Crippen LogP contribution in [-0.4, -0.2) is 36.5 Å². The van der Waals surface area contributed by atoms with Crippen LogP contribution in [0.3, 0.4) is 0 Å². The summed E-state index contributed by atoms with van der Waals surface area (Å²) in [7, 11) is 1.56. The summed E-state index contributed by atoms with van der Waals surface area (Å²) in [6.07, 6.45) is 0. The second-order valence-corrected chi connectivity index (χ2v) is 7.81. The predicted molar refractivity (Wildman–Crippen MR) is 123 cm³/mol. The molecule has 0 fully saturated rings. The van der Waals surface area contributed by atoms with E-state index >= 15 is 0 Å². The molecule has 9 heteroatoms. The number of nitrogens with zero attached hydrogens (tertiary/aromatic N) is 1. The maximum absolute atomic E-state index is 13.4. The summed E-state index contributed by atoms with van der Waals surface area (Å²) in [5, 5.41) is 6.36. The van der Waals surface area contributed by atoms with Crippen molar-refractivity contribution in [3.8, 4) is 5.75 Å². The Balaban J connectivity index is 1.75. The van der Waals surface area contributed by atoms with Gasteiger partial charge in [-0.3, -0.25) is 4.79 Å². The van der Waals surface area contributed by atoms with Gasteiger partial charge in [-0.05, 0) is 43.7 Å². The molecule has 0 radical (unpaired) electrons. The van der Waals surface area contributed by atoms with Crippen molar-refractivity contribution in [3.63, 3.8) is 0 Å². The number of methoxy groups -OCH3 is 1. The molecule has 0 unspecified atom stereocenters. The topological polar surface area (TPSA) is 89.0 Å². The Morgan fingerprint density at radius 1 is 1.22 bits per heavy atom. The number of anilines is 1. The highest BCUT2D eigenvalue weighted by atomic mass is 32.2. The van der Waals surface area contributed by atoms with Crippen LogP contribution in [0.25, 0.3) is 0 Å². The number of carbonyl (C=O) groups excluding carboxylic acids is 2. The van der Waals surface area contributed by atoms with Gasteiger partial charge in [0.2, 0.25) is 5.91 Å². The third-order valence-corrected chi connectivity index (χ3v) is 5.48. The first kappa shape index (κ1) is 23.3. The standard InChI is InChI=1S/C23H24FN3O4S/c1-4-31-22(29)20-14(2)25-23(27-21(20)15-8-10-16(24)11-9-15)32-13-19(28)26-17-6-5-7-18(12-17)30-3/h5-12,21H,4,13H2,1-3H3,(H,25,27)(H,26,28)/t21-/m1/s1. The number of carbonyl (C=O) groups is 2.